The molecule has 0 heterocycles. The minimum Gasteiger partial charge on any atom is -0.496 e. The van der Waals surface area contributed by atoms with Gasteiger partial charge in [-0.25, -0.2) is 0 Å². The Morgan fingerprint density at radius 1 is 0.939 bits per heavy atom. The average molecular weight is 673 g/mol. The zero-order chi connectivity index (χ0) is 35.7. The lowest BCUT2D eigenvalue weighted by atomic mass is 9.59. The van der Waals surface area contributed by atoms with Gasteiger partial charge in [-0.05, 0) is 48.3 Å². The molecular weight excluding hydrogens is 628 g/mol. The fourth-order valence-corrected chi connectivity index (χ4v) is 9.16. The Labute approximate surface area is 286 Å². The van der Waals surface area contributed by atoms with E-state index in [0.717, 1.165) is 11.1 Å². The van der Waals surface area contributed by atoms with Crippen molar-refractivity contribution >= 4 is 23.7 Å². The number of methoxy groups -OCH3 is 1. The van der Waals surface area contributed by atoms with Crippen molar-refractivity contribution in [2.75, 3.05) is 7.11 Å². The van der Waals surface area contributed by atoms with Crippen LogP contribution in [-0.2, 0) is 46.2 Å². The summed E-state index contributed by atoms with van der Waals surface area (Å²) in [4.78, 5) is 53.3. The van der Waals surface area contributed by atoms with E-state index in [2.05, 4.69) is 0 Å². The Kier molecular flexibility index (Phi) is 8.43. The molecule has 0 unspecified atom stereocenters. The molecule has 260 valence electrons. The molecule has 2 N–H and O–H groups in total. The van der Waals surface area contributed by atoms with Crippen molar-refractivity contribution in [1.82, 2.24) is 0 Å². The van der Waals surface area contributed by atoms with E-state index in [0.29, 0.717) is 11.3 Å². The fourth-order valence-electron chi connectivity index (χ4n) is 9.16. The number of aryl methyl sites for hydroxylation is 1. The molecule has 10 nitrogen and oxygen atoms in total. The summed E-state index contributed by atoms with van der Waals surface area (Å²) in [6, 6.07) is 14.4. The highest BCUT2D eigenvalue weighted by Crippen LogP contribution is 2.77. The third-order valence-corrected chi connectivity index (χ3v) is 11.5. The van der Waals surface area contributed by atoms with Crippen LogP contribution in [0.2, 0.25) is 0 Å². The van der Waals surface area contributed by atoms with Gasteiger partial charge in [-0.3, -0.25) is 19.2 Å². The molecule has 0 bridgehead atoms. The first-order valence-electron chi connectivity index (χ1n) is 16.7. The van der Waals surface area contributed by atoms with Gasteiger partial charge in [-0.2, -0.15) is 0 Å². The van der Waals surface area contributed by atoms with Crippen LogP contribution in [0.5, 0.6) is 5.75 Å². The summed E-state index contributed by atoms with van der Waals surface area (Å²) >= 11 is 0. The normalized spacial score (nSPS) is 33.8. The van der Waals surface area contributed by atoms with E-state index in [1.54, 1.807) is 57.4 Å². The number of ketones is 1. The number of esters is 3. The number of fused-ring (bicyclic) bond motifs is 5. The van der Waals surface area contributed by atoms with Gasteiger partial charge < -0.3 is 29.2 Å². The molecule has 6 rings (SSSR count). The molecule has 0 aliphatic heterocycles. The van der Waals surface area contributed by atoms with Gasteiger partial charge in [0.1, 0.15) is 23.2 Å². The van der Waals surface area contributed by atoms with Gasteiger partial charge in [0, 0.05) is 42.4 Å². The lowest BCUT2D eigenvalue weighted by Crippen LogP contribution is -2.66. The second kappa shape index (κ2) is 11.9. The van der Waals surface area contributed by atoms with Crippen LogP contribution in [0.1, 0.15) is 57.7 Å². The molecule has 2 fully saturated rings. The van der Waals surface area contributed by atoms with Crippen molar-refractivity contribution < 1.29 is 48.3 Å². The summed E-state index contributed by atoms with van der Waals surface area (Å²) in [6.45, 7) is 10.2. The van der Waals surface area contributed by atoms with Crippen molar-refractivity contribution in [3.05, 3.63) is 88.7 Å². The maximum atomic E-state index is 13.7. The van der Waals surface area contributed by atoms with Crippen molar-refractivity contribution in [2.24, 2.45) is 29.1 Å². The van der Waals surface area contributed by atoms with Crippen LogP contribution in [0.3, 0.4) is 0 Å². The Bertz CT molecular complexity index is 1770. The molecule has 0 spiro atoms. The van der Waals surface area contributed by atoms with E-state index >= 15 is 0 Å². The molecule has 4 aliphatic carbocycles. The SMILES string of the molecule is COc1cc(CC(=O)OC2=C[C@H]3[C@@H]4C(C)(C)[C@]4(OC(C)=O)[C@H](OC(=O)Cc4ccccc4)[C@@H](C)[C@]3(O)[C@@H]3C=C(C)C(=O)[C@@]3(O)C2)ccc1C. The minimum absolute atomic E-state index is 0.0279. The summed E-state index contributed by atoms with van der Waals surface area (Å²) in [5.74, 6) is -5.35. The second-order valence-corrected chi connectivity index (χ2v) is 14.7. The summed E-state index contributed by atoms with van der Waals surface area (Å²) in [7, 11) is 1.54. The van der Waals surface area contributed by atoms with Gasteiger partial charge in [0.2, 0.25) is 0 Å². The zero-order valence-electron chi connectivity index (χ0n) is 28.9. The summed E-state index contributed by atoms with van der Waals surface area (Å²) < 4.78 is 23.6. The third kappa shape index (κ3) is 5.31. The maximum Gasteiger partial charge on any atom is 0.315 e. The van der Waals surface area contributed by atoms with Crippen molar-refractivity contribution in [3.8, 4) is 5.75 Å². The lowest BCUT2D eigenvalue weighted by Gasteiger charge is -2.52. The van der Waals surface area contributed by atoms with E-state index in [-0.39, 0.29) is 30.6 Å². The largest absolute Gasteiger partial charge is 0.496 e. The van der Waals surface area contributed by atoms with Crippen LogP contribution in [0.25, 0.3) is 0 Å². The summed E-state index contributed by atoms with van der Waals surface area (Å²) in [5.41, 5.74) is -3.70. The Hall–Kier alpha value is -4.28. The van der Waals surface area contributed by atoms with E-state index in [1.165, 1.54) is 6.92 Å². The van der Waals surface area contributed by atoms with Gasteiger partial charge in [0.05, 0.1) is 25.6 Å². The molecule has 8 atom stereocenters. The third-order valence-electron chi connectivity index (χ3n) is 11.5. The van der Waals surface area contributed by atoms with E-state index in [4.69, 9.17) is 18.9 Å². The highest BCUT2D eigenvalue weighted by atomic mass is 16.6. The van der Waals surface area contributed by atoms with Gasteiger partial charge >= 0.3 is 17.9 Å². The molecular formula is C39H44O10. The molecule has 2 saturated carbocycles. The predicted octanol–water partition coefficient (Wildman–Crippen LogP) is 4.36. The maximum absolute atomic E-state index is 13.7. The molecule has 0 aromatic heterocycles. The van der Waals surface area contributed by atoms with E-state index < -0.39 is 75.7 Å². The number of aliphatic hydroxyl groups is 2. The van der Waals surface area contributed by atoms with Crippen LogP contribution in [-0.4, -0.2) is 63.9 Å². The van der Waals surface area contributed by atoms with Crippen LogP contribution < -0.4 is 4.74 Å². The summed E-state index contributed by atoms with van der Waals surface area (Å²) in [5, 5.41) is 25.3. The van der Waals surface area contributed by atoms with Crippen LogP contribution in [0.4, 0.5) is 0 Å². The molecule has 49 heavy (non-hydrogen) atoms. The summed E-state index contributed by atoms with van der Waals surface area (Å²) in [6.07, 6.45) is 1.52. The molecule has 0 saturated heterocycles. The van der Waals surface area contributed by atoms with E-state index in [9.17, 15) is 29.4 Å². The molecule has 2 aromatic carbocycles. The Morgan fingerprint density at radius 2 is 1.61 bits per heavy atom. The van der Waals surface area contributed by atoms with Crippen molar-refractivity contribution in [3.63, 3.8) is 0 Å². The molecule has 10 heteroatoms. The molecule has 0 amide bonds. The number of carbonyl (C=O) groups excluding carboxylic acids is 4. The molecule has 0 radical (unpaired) electrons. The molecule has 4 aliphatic rings. The first-order valence-corrected chi connectivity index (χ1v) is 16.7. The average Bonchev–Trinajstić information content (AvgIpc) is 3.45. The predicted molar refractivity (Wildman–Crippen MR) is 177 cm³/mol. The highest BCUT2D eigenvalue weighted by molar-refractivity contribution is 6.05. The second-order valence-electron chi connectivity index (χ2n) is 14.7. The first kappa shape index (κ1) is 34.6. The van der Waals surface area contributed by atoms with Gasteiger partial charge in [0.15, 0.2) is 11.4 Å². The monoisotopic (exact) mass is 672 g/mol. The van der Waals surface area contributed by atoms with Crippen LogP contribution >= 0.6 is 0 Å². The van der Waals surface area contributed by atoms with Gasteiger partial charge in [-0.15, -0.1) is 0 Å². The lowest BCUT2D eigenvalue weighted by molar-refractivity contribution is -0.228. The minimum atomic E-state index is -2.15. The number of ether oxygens (including phenoxy) is 4. The standard InChI is InChI=1S/C39H44O10/c1-21-13-14-26(16-29(21)46-7)18-31(41)47-27-19-28-33-36(5,6)39(33,49-24(4)40)35(48-32(42)17-25-11-9-8-10-12-25)23(3)38(28,45)30-15-22(2)34(43)37(30,44)20-27/h8-16,19,23,28,30,33,35,44-45H,17-18,20H2,1-7H3/t23-,28+,30-,33-,35-,37-,38-,39-/m1/s1. The number of benzene rings is 2. The number of hydrogen-bond acceptors (Lipinski definition) is 10. The molecule has 2 aromatic rings. The van der Waals surface area contributed by atoms with Crippen LogP contribution in [0.15, 0.2) is 72.0 Å². The number of rotatable bonds is 8. The van der Waals surface area contributed by atoms with E-state index in [1.807, 2.05) is 45.0 Å². The number of Topliss-reactive ketones (excluding diaryl/α,β-unsaturated/α-hetero) is 1. The quantitative estimate of drug-likeness (QED) is 0.307. The number of hydrogen-bond donors (Lipinski definition) is 2. The Balaban J connectivity index is 1.42. The van der Waals surface area contributed by atoms with Crippen molar-refractivity contribution in [2.45, 2.75) is 83.7 Å². The first-order chi connectivity index (χ1) is 23.0. The van der Waals surface area contributed by atoms with Crippen molar-refractivity contribution in [1.29, 1.82) is 0 Å². The van der Waals surface area contributed by atoms with Crippen LogP contribution in [0, 0.1) is 36.0 Å². The smallest absolute Gasteiger partial charge is 0.315 e. The van der Waals surface area contributed by atoms with Gasteiger partial charge in [0.25, 0.3) is 0 Å². The number of carbonyl (C=O) groups is 4. The van der Waals surface area contributed by atoms with Gasteiger partial charge in [-0.1, -0.05) is 69.3 Å². The topological polar surface area (TPSA) is 146 Å². The fraction of sp³-hybridized carbons (Fsp3) is 0.487. The Morgan fingerprint density at radius 3 is 2.27 bits per heavy atom. The zero-order valence-corrected chi connectivity index (χ0v) is 28.9. The highest BCUT2D eigenvalue weighted by Gasteiger charge is 2.88.